The summed E-state index contributed by atoms with van der Waals surface area (Å²) in [6.45, 7) is 1.09. The van der Waals surface area contributed by atoms with Crippen LogP contribution in [0.4, 0.5) is 58.4 Å². The Hall–Kier alpha value is -3.01. The van der Waals surface area contributed by atoms with Crippen LogP contribution in [0.3, 0.4) is 0 Å². The second kappa shape index (κ2) is 9.63. The Balaban J connectivity index is 2.11. The first-order valence-corrected chi connectivity index (χ1v) is 10.3. The van der Waals surface area contributed by atoms with E-state index < -0.39 is 76.5 Å². The van der Waals surface area contributed by atoms with Crippen molar-refractivity contribution in [2.45, 2.75) is 44.0 Å². The van der Waals surface area contributed by atoms with Gasteiger partial charge >= 0.3 is 24.7 Å². The number of ether oxygens (including phenoxy) is 1. The lowest BCUT2D eigenvalue weighted by molar-refractivity contribution is -0.145. The van der Waals surface area contributed by atoms with Gasteiger partial charge in [-0.3, -0.25) is 0 Å². The molecule has 16 heteroatoms. The number of anilines is 1. The average molecular weight is 568 g/mol. The Morgan fingerprint density at radius 1 is 0.763 bits per heavy atom. The molecule has 210 valence electrons. The van der Waals surface area contributed by atoms with Gasteiger partial charge in [0.2, 0.25) is 0 Å². The van der Waals surface area contributed by atoms with E-state index in [1.807, 2.05) is 0 Å². The molecular weight excluding hydrogens is 552 g/mol. The molecule has 3 atom stereocenters. The highest BCUT2D eigenvalue weighted by Gasteiger charge is 2.48. The van der Waals surface area contributed by atoms with E-state index >= 15 is 0 Å². The molecule has 0 amide bonds. The Morgan fingerprint density at radius 3 is 1.68 bits per heavy atom. The molecule has 1 aliphatic rings. The van der Waals surface area contributed by atoms with Crippen LogP contribution in [-0.4, -0.2) is 24.2 Å². The molecule has 0 saturated heterocycles. The number of halogens is 12. The molecule has 0 aromatic heterocycles. The van der Waals surface area contributed by atoms with Gasteiger partial charge in [-0.15, -0.1) is 0 Å². The number of hydrazone groups is 1. The van der Waals surface area contributed by atoms with Crippen LogP contribution < -0.4 is 5.01 Å². The van der Waals surface area contributed by atoms with E-state index in [0.717, 1.165) is 14.0 Å². The molecule has 38 heavy (non-hydrogen) atoms. The number of rotatable bonds is 4. The standard InChI is InChI=1S/C22H16F12N2O2/c1-9-16(17(38-2)12-5-3-10(19(23,24)25)7-13(12)21(29,30)31)18(37)36(35-9)15-6-4-11(20(26,27)28)8-14(15)22(32,33)34/h3-8,16-18,37H,1-2H3. The molecule has 0 radical (unpaired) electrons. The normalized spacial score (nSPS) is 20.1. The summed E-state index contributed by atoms with van der Waals surface area (Å²) >= 11 is 0. The number of hydrogen-bond donors (Lipinski definition) is 1. The fourth-order valence-corrected chi connectivity index (χ4v) is 4.07. The van der Waals surface area contributed by atoms with E-state index in [0.29, 0.717) is 24.3 Å². The smallest absolute Gasteiger partial charge is 0.376 e. The zero-order chi connectivity index (χ0) is 29.0. The minimum absolute atomic E-state index is 0.176. The number of methoxy groups -OCH3 is 1. The summed E-state index contributed by atoms with van der Waals surface area (Å²) in [5.74, 6) is -1.67. The largest absolute Gasteiger partial charge is 0.418 e. The minimum Gasteiger partial charge on any atom is -0.376 e. The summed E-state index contributed by atoms with van der Waals surface area (Å²) in [5.41, 5.74) is -9.14. The van der Waals surface area contributed by atoms with Crippen molar-refractivity contribution >= 4 is 11.4 Å². The van der Waals surface area contributed by atoms with Crippen LogP contribution >= 0.6 is 0 Å². The molecule has 1 aliphatic heterocycles. The van der Waals surface area contributed by atoms with Crippen molar-refractivity contribution in [1.29, 1.82) is 0 Å². The second-order valence-corrected chi connectivity index (χ2v) is 8.21. The van der Waals surface area contributed by atoms with E-state index in [1.165, 1.54) is 0 Å². The van der Waals surface area contributed by atoms with Gasteiger partial charge in [-0.25, -0.2) is 5.01 Å². The quantitative estimate of drug-likeness (QED) is 0.395. The summed E-state index contributed by atoms with van der Waals surface area (Å²) in [4.78, 5) is 0. The van der Waals surface area contributed by atoms with Crippen LogP contribution in [0.15, 0.2) is 41.5 Å². The zero-order valence-corrected chi connectivity index (χ0v) is 19.0. The van der Waals surface area contributed by atoms with E-state index in [1.54, 1.807) is 0 Å². The molecule has 1 N–H and O–H groups in total. The maximum Gasteiger partial charge on any atom is 0.418 e. The second-order valence-electron chi connectivity index (χ2n) is 8.21. The number of aliphatic hydroxyl groups is 1. The Bertz CT molecular complexity index is 1210. The van der Waals surface area contributed by atoms with Gasteiger partial charge in [0.05, 0.1) is 40.0 Å². The maximum absolute atomic E-state index is 13.7. The van der Waals surface area contributed by atoms with Crippen molar-refractivity contribution < 1.29 is 62.5 Å². The van der Waals surface area contributed by atoms with Crippen LogP contribution in [0, 0.1) is 5.92 Å². The van der Waals surface area contributed by atoms with Gasteiger partial charge in [0.1, 0.15) is 0 Å². The van der Waals surface area contributed by atoms with Crippen LogP contribution in [0.5, 0.6) is 0 Å². The van der Waals surface area contributed by atoms with Gasteiger partial charge in [0, 0.05) is 12.8 Å². The van der Waals surface area contributed by atoms with Gasteiger partial charge in [-0.2, -0.15) is 57.8 Å². The van der Waals surface area contributed by atoms with E-state index in [4.69, 9.17) is 4.74 Å². The molecule has 0 bridgehead atoms. The molecule has 3 rings (SSSR count). The van der Waals surface area contributed by atoms with Gasteiger partial charge in [-0.05, 0) is 42.8 Å². The van der Waals surface area contributed by atoms with Gasteiger partial charge in [0.15, 0.2) is 6.23 Å². The lowest BCUT2D eigenvalue weighted by Gasteiger charge is -2.31. The highest BCUT2D eigenvalue weighted by atomic mass is 19.4. The molecule has 1 heterocycles. The highest BCUT2D eigenvalue weighted by molar-refractivity contribution is 5.89. The number of aliphatic hydroxyl groups excluding tert-OH is 1. The summed E-state index contributed by atoms with van der Waals surface area (Å²) in [5, 5.41) is 14.8. The van der Waals surface area contributed by atoms with E-state index in [9.17, 15) is 57.8 Å². The van der Waals surface area contributed by atoms with Gasteiger partial charge < -0.3 is 9.84 Å². The molecule has 4 nitrogen and oxygen atoms in total. The van der Waals surface area contributed by atoms with Crippen LogP contribution in [0.2, 0.25) is 0 Å². The van der Waals surface area contributed by atoms with Crippen molar-refractivity contribution in [3.8, 4) is 0 Å². The zero-order valence-electron chi connectivity index (χ0n) is 19.0. The summed E-state index contributed by atoms with van der Waals surface area (Å²) < 4.78 is 165. The maximum atomic E-state index is 13.7. The average Bonchev–Trinajstić information content (AvgIpc) is 3.05. The first-order valence-electron chi connectivity index (χ1n) is 10.3. The fraction of sp³-hybridized carbons (Fsp3) is 0.409. The molecule has 0 fully saturated rings. The molecule has 3 unspecified atom stereocenters. The number of nitrogens with zero attached hydrogens (tertiary/aromatic N) is 2. The topological polar surface area (TPSA) is 45.1 Å². The monoisotopic (exact) mass is 568 g/mol. The minimum atomic E-state index is -5.37. The predicted octanol–water partition coefficient (Wildman–Crippen LogP) is 7.28. The Morgan fingerprint density at radius 2 is 1.24 bits per heavy atom. The number of benzene rings is 2. The number of alkyl halides is 12. The first kappa shape index (κ1) is 29.5. The third-order valence-corrected chi connectivity index (χ3v) is 5.77. The van der Waals surface area contributed by atoms with Gasteiger partial charge in [-0.1, -0.05) is 6.07 Å². The van der Waals surface area contributed by atoms with E-state index in [-0.39, 0.29) is 22.9 Å². The Kier molecular flexibility index (Phi) is 7.48. The van der Waals surface area contributed by atoms with Crippen molar-refractivity contribution in [1.82, 2.24) is 0 Å². The molecule has 2 aromatic carbocycles. The Labute approximate surface area is 206 Å². The molecule has 0 spiro atoms. The molecule has 0 saturated carbocycles. The number of hydrogen-bond acceptors (Lipinski definition) is 4. The van der Waals surface area contributed by atoms with Crippen LogP contribution in [0.25, 0.3) is 0 Å². The third kappa shape index (κ3) is 5.70. The van der Waals surface area contributed by atoms with Crippen molar-refractivity contribution in [2.24, 2.45) is 11.0 Å². The van der Waals surface area contributed by atoms with Crippen molar-refractivity contribution in [2.75, 3.05) is 12.1 Å². The lowest BCUT2D eigenvalue weighted by Crippen LogP contribution is -2.38. The third-order valence-electron chi connectivity index (χ3n) is 5.77. The summed E-state index contributed by atoms with van der Waals surface area (Å²) in [6, 6.07) is 1.08. The highest BCUT2D eigenvalue weighted by Crippen LogP contribution is 2.46. The summed E-state index contributed by atoms with van der Waals surface area (Å²) in [6.07, 6.45) is -25.1. The van der Waals surface area contributed by atoms with Crippen molar-refractivity contribution in [3.63, 3.8) is 0 Å². The molecular formula is C22H16F12N2O2. The molecule has 0 aliphatic carbocycles. The SMILES string of the molecule is COC(c1ccc(C(F)(F)F)cc1C(F)(F)F)C1C(C)=NN(c2ccc(C(F)(F)F)cc2C(F)(F)F)C1O. The molecule has 2 aromatic rings. The first-order chi connectivity index (χ1) is 17.2. The predicted molar refractivity (Wildman–Crippen MR) is 108 cm³/mol. The van der Waals surface area contributed by atoms with Crippen LogP contribution in [0.1, 0.15) is 40.8 Å². The summed E-state index contributed by atoms with van der Waals surface area (Å²) in [7, 11) is 0.852. The van der Waals surface area contributed by atoms with Crippen molar-refractivity contribution in [3.05, 3.63) is 64.2 Å². The van der Waals surface area contributed by atoms with Crippen LogP contribution in [-0.2, 0) is 29.4 Å². The van der Waals surface area contributed by atoms with Gasteiger partial charge in [0.25, 0.3) is 0 Å². The fourth-order valence-electron chi connectivity index (χ4n) is 4.07. The lowest BCUT2D eigenvalue weighted by atomic mass is 9.87. The van der Waals surface area contributed by atoms with E-state index in [2.05, 4.69) is 5.10 Å².